The lowest BCUT2D eigenvalue weighted by molar-refractivity contribution is 0.463. The molecule has 1 saturated heterocycles. The van der Waals surface area contributed by atoms with Crippen molar-refractivity contribution in [1.82, 2.24) is 10.2 Å². The fourth-order valence-corrected chi connectivity index (χ4v) is 1.13. The molecule has 1 aliphatic heterocycles. The summed E-state index contributed by atoms with van der Waals surface area (Å²) < 4.78 is 0. The lowest BCUT2D eigenvalue weighted by Crippen LogP contribution is -2.19. The molecule has 62 valence electrons. The molecule has 0 aliphatic carbocycles. The Morgan fingerprint density at radius 3 is 2.91 bits per heavy atom. The van der Waals surface area contributed by atoms with E-state index < -0.39 is 0 Å². The zero-order chi connectivity index (χ0) is 8.10. The number of hydrogen-bond donors (Lipinski definition) is 1. The highest BCUT2D eigenvalue weighted by molar-refractivity contribution is 5.10. The van der Waals surface area contributed by atoms with Crippen LogP contribution in [0, 0.1) is 11.8 Å². The smallest absolute Gasteiger partial charge is 0.0690 e. The number of rotatable bonds is 1. The molecule has 1 heterocycles. The summed E-state index contributed by atoms with van der Waals surface area (Å²) in [6.45, 7) is 2.01. The van der Waals surface area contributed by atoms with Gasteiger partial charge >= 0.3 is 0 Å². The van der Waals surface area contributed by atoms with E-state index in [1.54, 1.807) is 0 Å². The third-order valence-corrected chi connectivity index (χ3v) is 1.73. The highest BCUT2D eigenvalue weighted by atomic mass is 15.0. The zero-order valence-electron chi connectivity index (χ0n) is 7.35. The molecule has 0 amide bonds. The Balaban J connectivity index is 2.20. The van der Waals surface area contributed by atoms with Crippen LogP contribution in [0.25, 0.3) is 0 Å². The lowest BCUT2D eigenvalue weighted by atomic mass is 10.2. The summed E-state index contributed by atoms with van der Waals surface area (Å²) in [5.41, 5.74) is 0. The molecule has 0 radical (unpaired) electrons. The van der Waals surface area contributed by atoms with Crippen LogP contribution in [-0.4, -0.2) is 38.1 Å². The van der Waals surface area contributed by atoms with Gasteiger partial charge in [-0.1, -0.05) is 11.8 Å². The lowest BCUT2D eigenvalue weighted by Gasteiger charge is -2.02. The van der Waals surface area contributed by atoms with E-state index in [1.165, 1.54) is 12.8 Å². The molecule has 0 aromatic heterocycles. The summed E-state index contributed by atoms with van der Waals surface area (Å²) >= 11 is 0. The van der Waals surface area contributed by atoms with E-state index in [4.69, 9.17) is 0 Å². The first-order chi connectivity index (χ1) is 5.29. The van der Waals surface area contributed by atoms with Gasteiger partial charge in [0.1, 0.15) is 0 Å². The Morgan fingerprint density at radius 1 is 1.55 bits per heavy atom. The minimum atomic E-state index is 0.468. The summed E-state index contributed by atoms with van der Waals surface area (Å²) in [4.78, 5) is 2.09. The third kappa shape index (κ3) is 3.41. The fourth-order valence-electron chi connectivity index (χ4n) is 1.13. The monoisotopic (exact) mass is 152 g/mol. The molecule has 2 nitrogen and oxygen atoms in total. The van der Waals surface area contributed by atoms with Crippen molar-refractivity contribution in [1.29, 1.82) is 0 Å². The number of hydrogen-bond acceptors (Lipinski definition) is 2. The fraction of sp³-hybridized carbons (Fsp3) is 0.778. The van der Waals surface area contributed by atoms with Gasteiger partial charge in [-0.25, -0.2) is 0 Å². The molecule has 0 aromatic rings. The molecule has 1 N–H and O–H groups in total. The highest BCUT2D eigenvalue weighted by Crippen LogP contribution is 2.02. The maximum atomic E-state index is 3.34. The minimum Gasteiger partial charge on any atom is -0.304 e. The van der Waals surface area contributed by atoms with E-state index in [0.29, 0.717) is 6.04 Å². The van der Waals surface area contributed by atoms with Gasteiger partial charge in [-0.05, 0) is 33.5 Å². The molecule has 0 bridgehead atoms. The predicted octanol–water partition coefficient (Wildman–Crippen LogP) is 0.303. The zero-order valence-corrected chi connectivity index (χ0v) is 7.35. The largest absolute Gasteiger partial charge is 0.304 e. The molecule has 0 spiro atoms. The highest BCUT2D eigenvalue weighted by Gasteiger charge is 2.09. The second-order valence-corrected chi connectivity index (χ2v) is 3.21. The van der Waals surface area contributed by atoms with Gasteiger partial charge in [0.05, 0.1) is 12.6 Å². The average Bonchev–Trinajstić information content (AvgIpc) is 2.39. The first-order valence-corrected chi connectivity index (χ1v) is 4.15. The van der Waals surface area contributed by atoms with Crippen LogP contribution in [0.1, 0.15) is 12.8 Å². The predicted molar refractivity (Wildman–Crippen MR) is 47.4 cm³/mol. The van der Waals surface area contributed by atoms with Crippen LogP contribution >= 0.6 is 0 Å². The van der Waals surface area contributed by atoms with Gasteiger partial charge in [0.2, 0.25) is 0 Å². The van der Waals surface area contributed by atoms with E-state index in [1.807, 2.05) is 14.1 Å². The standard InChI is InChI=1S/C9H16N2/c1-11(2)8-4-6-9-5-3-7-10-9/h9-10H,3,5,7-8H2,1-2H3/t9-/m0/s1. The topological polar surface area (TPSA) is 15.3 Å². The van der Waals surface area contributed by atoms with Crippen LogP contribution in [-0.2, 0) is 0 Å². The summed E-state index contributed by atoms with van der Waals surface area (Å²) in [5, 5.41) is 3.34. The molecule has 1 atom stereocenters. The summed E-state index contributed by atoms with van der Waals surface area (Å²) in [6, 6.07) is 0.468. The third-order valence-electron chi connectivity index (χ3n) is 1.73. The van der Waals surface area contributed by atoms with E-state index in [2.05, 4.69) is 22.1 Å². The Bertz CT molecular complexity index is 158. The van der Waals surface area contributed by atoms with Gasteiger partial charge in [-0.2, -0.15) is 0 Å². The van der Waals surface area contributed by atoms with Crippen molar-refractivity contribution in [2.45, 2.75) is 18.9 Å². The Labute approximate surface area is 69.0 Å². The van der Waals surface area contributed by atoms with Crippen LogP contribution in [0.5, 0.6) is 0 Å². The average molecular weight is 152 g/mol. The van der Waals surface area contributed by atoms with E-state index in [-0.39, 0.29) is 0 Å². The summed E-state index contributed by atoms with van der Waals surface area (Å²) in [7, 11) is 4.08. The van der Waals surface area contributed by atoms with Crippen LogP contribution in [0.4, 0.5) is 0 Å². The number of nitrogens with one attached hydrogen (secondary N) is 1. The molecule has 11 heavy (non-hydrogen) atoms. The molecule has 1 rings (SSSR count). The molecule has 0 aromatic carbocycles. The molecule has 1 aliphatic rings. The normalized spacial score (nSPS) is 23.4. The Morgan fingerprint density at radius 2 is 2.36 bits per heavy atom. The van der Waals surface area contributed by atoms with Crippen LogP contribution in [0.3, 0.4) is 0 Å². The second-order valence-electron chi connectivity index (χ2n) is 3.21. The van der Waals surface area contributed by atoms with Gasteiger partial charge in [0, 0.05) is 0 Å². The molecule has 2 heteroatoms. The molecular formula is C9H16N2. The SMILES string of the molecule is CN(C)CC#C[C@@H]1CCCN1. The minimum absolute atomic E-state index is 0.468. The van der Waals surface area contributed by atoms with Crippen molar-refractivity contribution in [2.24, 2.45) is 0 Å². The second kappa shape index (κ2) is 4.38. The van der Waals surface area contributed by atoms with Crippen molar-refractivity contribution in [3.05, 3.63) is 0 Å². The van der Waals surface area contributed by atoms with E-state index in [9.17, 15) is 0 Å². The van der Waals surface area contributed by atoms with Crippen molar-refractivity contribution in [2.75, 3.05) is 27.2 Å². The van der Waals surface area contributed by atoms with Crippen LogP contribution < -0.4 is 5.32 Å². The first kappa shape index (κ1) is 8.58. The maximum Gasteiger partial charge on any atom is 0.0690 e. The van der Waals surface area contributed by atoms with Crippen molar-refractivity contribution in [3.8, 4) is 11.8 Å². The number of nitrogens with zero attached hydrogens (tertiary/aromatic N) is 1. The van der Waals surface area contributed by atoms with Gasteiger partial charge in [0.25, 0.3) is 0 Å². The van der Waals surface area contributed by atoms with Crippen molar-refractivity contribution < 1.29 is 0 Å². The van der Waals surface area contributed by atoms with Gasteiger partial charge in [-0.15, -0.1) is 0 Å². The summed E-state index contributed by atoms with van der Waals surface area (Å²) in [5.74, 6) is 6.35. The molecule has 1 fully saturated rings. The van der Waals surface area contributed by atoms with Gasteiger partial charge < -0.3 is 5.32 Å². The molecule has 0 unspecified atom stereocenters. The van der Waals surface area contributed by atoms with Crippen molar-refractivity contribution >= 4 is 0 Å². The van der Waals surface area contributed by atoms with Gasteiger partial charge in [-0.3, -0.25) is 4.90 Å². The Kier molecular flexibility index (Phi) is 3.41. The van der Waals surface area contributed by atoms with Gasteiger partial charge in [0.15, 0.2) is 0 Å². The Hall–Kier alpha value is -0.520. The van der Waals surface area contributed by atoms with E-state index in [0.717, 1.165) is 13.1 Å². The van der Waals surface area contributed by atoms with Crippen LogP contribution in [0.2, 0.25) is 0 Å². The van der Waals surface area contributed by atoms with Crippen molar-refractivity contribution in [3.63, 3.8) is 0 Å². The van der Waals surface area contributed by atoms with Crippen LogP contribution in [0.15, 0.2) is 0 Å². The molecule has 0 saturated carbocycles. The maximum absolute atomic E-state index is 3.34. The molecular weight excluding hydrogens is 136 g/mol. The van der Waals surface area contributed by atoms with E-state index >= 15 is 0 Å². The summed E-state index contributed by atoms with van der Waals surface area (Å²) in [6.07, 6.45) is 2.50. The quantitative estimate of drug-likeness (QED) is 0.544. The first-order valence-electron chi connectivity index (χ1n) is 4.15.